The molecule has 5 heteroatoms. The average Bonchev–Trinajstić information content (AvgIpc) is 2.59. The number of carbonyl (C=O) groups is 1. The van der Waals surface area contributed by atoms with Gasteiger partial charge in [-0.1, -0.05) is 24.3 Å². The van der Waals surface area contributed by atoms with Crippen molar-refractivity contribution in [2.75, 3.05) is 21.3 Å². The molecule has 2 aromatic rings. The van der Waals surface area contributed by atoms with Crippen LogP contribution < -0.4 is 14.2 Å². The number of methoxy groups -OCH3 is 3. The highest BCUT2D eigenvalue weighted by Crippen LogP contribution is 2.33. The number of ether oxygens (including phenoxy) is 3. The fourth-order valence-corrected chi connectivity index (χ4v) is 2.53. The molecule has 23 heavy (non-hydrogen) atoms. The number of hydrogen-bond donors (Lipinski definition) is 1. The van der Waals surface area contributed by atoms with E-state index in [-0.39, 0.29) is 0 Å². The molecule has 1 N–H and O–H groups in total. The van der Waals surface area contributed by atoms with Crippen LogP contribution in [-0.2, 0) is 11.2 Å². The molecule has 0 aliphatic rings. The van der Waals surface area contributed by atoms with E-state index in [9.17, 15) is 9.90 Å². The molecule has 0 aromatic heterocycles. The predicted molar refractivity (Wildman–Crippen MR) is 86.6 cm³/mol. The van der Waals surface area contributed by atoms with Crippen LogP contribution in [0.3, 0.4) is 0 Å². The summed E-state index contributed by atoms with van der Waals surface area (Å²) in [5.74, 6) is 0.156. The predicted octanol–water partition coefficient (Wildman–Crippen LogP) is 3.12. The van der Waals surface area contributed by atoms with E-state index in [0.29, 0.717) is 29.2 Å². The maximum Gasteiger partial charge on any atom is 0.311 e. The first kappa shape index (κ1) is 16.7. The van der Waals surface area contributed by atoms with Crippen LogP contribution in [0, 0.1) is 0 Å². The molecule has 0 radical (unpaired) electrons. The van der Waals surface area contributed by atoms with Gasteiger partial charge < -0.3 is 19.3 Å². The first-order valence-corrected chi connectivity index (χ1v) is 7.17. The fraction of sp³-hybridized carbons (Fsp3) is 0.278. The third-order valence-electron chi connectivity index (χ3n) is 3.70. The van der Waals surface area contributed by atoms with Crippen LogP contribution in [0.4, 0.5) is 0 Å². The zero-order valence-corrected chi connectivity index (χ0v) is 13.4. The maximum absolute atomic E-state index is 11.7. The van der Waals surface area contributed by atoms with Crippen molar-refractivity contribution in [1.82, 2.24) is 0 Å². The highest BCUT2D eigenvalue weighted by atomic mass is 16.5. The monoisotopic (exact) mass is 316 g/mol. The van der Waals surface area contributed by atoms with Gasteiger partial charge in [-0.3, -0.25) is 4.79 Å². The van der Waals surface area contributed by atoms with Crippen LogP contribution in [0.5, 0.6) is 17.2 Å². The van der Waals surface area contributed by atoms with Gasteiger partial charge in [-0.05, 0) is 30.2 Å². The van der Waals surface area contributed by atoms with Crippen molar-refractivity contribution in [2.45, 2.75) is 12.3 Å². The van der Waals surface area contributed by atoms with Gasteiger partial charge in [-0.2, -0.15) is 0 Å². The number of benzene rings is 2. The smallest absolute Gasteiger partial charge is 0.311 e. The fourth-order valence-electron chi connectivity index (χ4n) is 2.53. The molecule has 2 aromatic carbocycles. The van der Waals surface area contributed by atoms with Crippen molar-refractivity contribution < 1.29 is 24.1 Å². The number of carboxylic acid groups (broad SMARTS) is 1. The zero-order valence-electron chi connectivity index (χ0n) is 13.4. The molecule has 122 valence electrons. The van der Waals surface area contributed by atoms with Crippen molar-refractivity contribution >= 4 is 5.97 Å². The number of hydrogen-bond acceptors (Lipinski definition) is 4. The molecule has 0 saturated carbocycles. The van der Waals surface area contributed by atoms with Gasteiger partial charge in [0.1, 0.15) is 5.75 Å². The van der Waals surface area contributed by atoms with E-state index in [1.54, 1.807) is 38.5 Å². The molecular formula is C18H20O5. The molecule has 0 heterocycles. The largest absolute Gasteiger partial charge is 0.496 e. The zero-order chi connectivity index (χ0) is 16.8. The molecule has 0 bridgehead atoms. The second-order valence-electron chi connectivity index (χ2n) is 5.03. The SMILES string of the molecule is COc1ccc(CC(C(=O)O)c2ccccc2OC)cc1OC. The second kappa shape index (κ2) is 7.54. The highest BCUT2D eigenvalue weighted by Gasteiger charge is 2.24. The quantitative estimate of drug-likeness (QED) is 0.850. The van der Waals surface area contributed by atoms with E-state index in [2.05, 4.69) is 0 Å². The van der Waals surface area contributed by atoms with Crippen LogP contribution in [0.25, 0.3) is 0 Å². The lowest BCUT2D eigenvalue weighted by atomic mass is 9.91. The van der Waals surface area contributed by atoms with Crippen molar-refractivity contribution in [3.63, 3.8) is 0 Å². The average molecular weight is 316 g/mol. The third-order valence-corrected chi connectivity index (χ3v) is 3.70. The molecule has 0 amide bonds. The molecule has 0 aliphatic carbocycles. The van der Waals surface area contributed by atoms with Gasteiger partial charge >= 0.3 is 5.97 Å². The van der Waals surface area contributed by atoms with Crippen molar-refractivity contribution in [3.8, 4) is 17.2 Å². The summed E-state index contributed by atoms with van der Waals surface area (Å²) in [7, 11) is 4.65. The minimum absolute atomic E-state index is 0.329. The van der Waals surface area contributed by atoms with Crippen LogP contribution in [0.2, 0.25) is 0 Å². The summed E-state index contributed by atoms with van der Waals surface area (Å²) < 4.78 is 15.8. The lowest BCUT2D eigenvalue weighted by Crippen LogP contribution is -2.15. The lowest BCUT2D eigenvalue weighted by Gasteiger charge is -2.17. The van der Waals surface area contributed by atoms with Gasteiger partial charge in [0.05, 0.1) is 27.2 Å². The topological polar surface area (TPSA) is 65.0 Å². The van der Waals surface area contributed by atoms with E-state index in [1.165, 1.54) is 7.11 Å². The molecule has 5 nitrogen and oxygen atoms in total. The number of rotatable bonds is 7. The highest BCUT2D eigenvalue weighted by molar-refractivity contribution is 5.77. The standard InChI is InChI=1S/C18H20O5/c1-21-15-7-5-4-6-13(15)14(18(19)20)10-12-8-9-16(22-2)17(11-12)23-3/h4-9,11,14H,10H2,1-3H3,(H,19,20). The van der Waals surface area contributed by atoms with E-state index in [4.69, 9.17) is 14.2 Å². The maximum atomic E-state index is 11.7. The molecule has 0 spiro atoms. The molecule has 1 unspecified atom stereocenters. The van der Waals surface area contributed by atoms with Crippen LogP contribution in [0.15, 0.2) is 42.5 Å². The molecule has 0 saturated heterocycles. The van der Waals surface area contributed by atoms with E-state index < -0.39 is 11.9 Å². The summed E-state index contributed by atoms with van der Waals surface area (Å²) >= 11 is 0. The molecule has 0 aliphatic heterocycles. The van der Waals surface area contributed by atoms with Crippen molar-refractivity contribution in [3.05, 3.63) is 53.6 Å². The molecular weight excluding hydrogens is 296 g/mol. The van der Waals surface area contributed by atoms with Gasteiger partial charge in [-0.15, -0.1) is 0 Å². The number of carboxylic acids is 1. The van der Waals surface area contributed by atoms with E-state index >= 15 is 0 Å². The Kier molecular flexibility index (Phi) is 5.46. The summed E-state index contributed by atoms with van der Waals surface area (Å²) in [5.41, 5.74) is 1.50. The first-order chi connectivity index (χ1) is 11.1. The summed E-state index contributed by atoms with van der Waals surface area (Å²) in [6.45, 7) is 0. The minimum atomic E-state index is -0.899. The van der Waals surface area contributed by atoms with Crippen molar-refractivity contribution in [2.24, 2.45) is 0 Å². The van der Waals surface area contributed by atoms with Gasteiger partial charge in [0.2, 0.25) is 0 Å². The minimum Gasteiger partial charge on any atom is -0.496 e. The Morgan fingerprint density at radius 1 is 0.957 bits per heavy atom. The van der Waals surface area contributed by atoms with Gasteiger partial charge in [0.15, 0.2) is 11.5 Å². The van der Waals surface area contributed by atoms with Gasteiger partial charge in [-0.25, -0.2) is 0 Å². The Bertz CT molecular complexity index is 681. The lowest BCUT2D eigenvalue weighted by molar-refractivity contribution is -0.138. The Labute approximate surface area is 135 Å². The summed E-state index contributed by atoms with van der Waals surface area (Å²) in [6, 6.07) is 12.6. The first-order valence-electron chi connectivity index (χ1n) is 7.17. The number of aliphatic carboxylic acids is 1. The second-order valence-corrected chi connectivity index (χ2v) is 5.03. The Hall–Kier alpha value is -2.69. The summed E-state index contributed by atoms with van der Waals surface area (Å²) in [4.78, 5) is 11.7. The normalized spacial score (nSPS) is 11.6. The van der Waals surface area contributed by atoms with Gasteiger partial charge in [0, 0.05) is 5.56 Å². The Morgan fingerprint density at radius 3 is 2.22 bits per heavy atom. The molecule has 2 rings (SSSR count). The van der Waals surface area contributed by atoms with E-state index in [1.807, 2.05) is 18.2 Å². The molecule has 1 atom stereocenters. The Balaban J connectivity index is 2.35. The summed E-state index contributed by atoms with van der Waals surface area (Å²) in [6.07, 6.45) is 0.329. The van der Waals surface area contributed by atoms with Crippen LogP contribution >= 0.6 is 0 Å². The van der Waals surface area contributed by atoms with Gasteiger partial charge in [0.25, 0.3) is 0 Å². The Morgan fingerprint density at radius 2 is 1.61 bits per heavy atom. The molecule has 0 fully saturated rings. The van der Waals surface area contributed by atoms with Crippen molar-refractivity contribution in [1.29, 1.82) is 0 Å². The third kappa shape index (κ3) is 3.74. The van der Waals surface area contributed by atoms with E-state index in [0.717, 1.165) is 5.56 Å². The summed E-state index contributed by atoms with van der Waals surface area (Å²) in [5, 5.41) is 9.62. The van der Waals surface area contributed by atoms with Crippen LogP contribution in [0.1, 0.15) is 17.0 Å². The van der Waals surface area contributed by atoms with Crippen LogP contribution in [-0.4, -0.2) is 32.4 Å². The number of para-hydroxylation sites is 1.